The summed E-state index contributed by atoms with van der Waals surface area (Å²) in [6.07, 6.45) is 0. The fourth-order valence-corrected chi connectivity index (χ4v) is 9.93. The molecular formula is C59H38N4. The van der Waals surface area contributed by atoms with Crippen LogP contribution in [0.4, 0.5) is 0 Å². The number of hydrogen-bond acceptors (Lipinski definition) is 1. The first-order chi connectivity index (χ1) is 31.2. The van der Waals surface area contributed by atoms with Crippen molar-refractivity contribution >= 4 is 65.4 Å². The van der Waals surface area contributed by atoms with Crippen molar-refractivity contribution < 1.29 is 0 Å². The lowest BCUT2D eigenvalue weighted by molar-refractivity contribution is 1.09. The van der Waals surface area contributed by atoms with Gasteiger partial charge in [0.2, 0.25) is 0 Å². The molecule has 0 amide bonds. The van der Waals surface area contributed by atoms with Crippen molar-refractivity contribution in [3.05, 3.63) is 231 Å². The Morgan fingerprint density at radius 3 is 1.35 bits per heavy atom. The molecule has 0 aliphatic rings. The minimum Gasteiger partial charge on any atom is -0.309 e. The normalized spacial score (nSPS) is 11.8. The van der Waals surface area contributed by atoms with Gasteiger partial charge in [0.15, 0.2) is 0 Å². The van der Waals surface area contributed by atoms with Crippen LogP contribution in [-0.4, -0.2) is 18.7 Å². The van der Waals surface area contributed by atoms with Crippen molar-refractivity contribution in [2.24, 2.45) is 0 Å². The summed E-state index contributed by atoms with van der Waals surface area (Å²) >= 11 is 0. The maximum Gasteiger partial charge on any atom is 0.146 e. The molecule has 3 aromatic heterocycles. The van der Waals surface area contributed by atoms with Gasteiger partial charge in [-0.05, 0) is 118 Å². The number of rotatable bonds is 6. The highest BCUT2D eigenvalue weighted by molar-refractivity contribution is 6.13. The number of fused-ring (bicyclic) bond motifs is 8. The molecule has 0 bridgehead atoms. The van der Waals surface area contributed by atoms with Crippen LogP contribution in [0.1, 0.15) is 0 Å². The molecule has 0 radical (unpaired) electrons. The molecule has 4 nitrogen and oxygen atoms in total. The summed E-state index contributed by atoms with van der Waals surface area (Å²) in [6.45, 7) is 0. The SMILES string of the molecule is c1ccc(-c2ccc(-n3c4ccccc4c4cc(-c5ccc6c(c5)c5ccccc5n6-c5ccc(-n6c(-c7cccc8ccccc78)nc7ccccc76)cc5)ccc43)cc2)cc1. The van der Waals surface area contributed by atoms with E-state index in [0.717, 1.165) is 39.5 Å². The molecule has 63 heavy (non-hydrogen) atoms. The maximum absolute atomic E-state index is 5.21. The van der Waals surface area contributed by atoms with Crippen molar-refractivity contribution in [3.8, 4) is 50.7 Å². The van der Waals surface area contributed by atoms with Gasteiger partial charge < -0.3 is 9.13 Å². The Kier molecular flexibility index (Phi) is 7.87. The van der Waals surface area contributed by atoms with Gasteiger partial charge in [-0.15, -0.1) is 0 Å². The minimum absolute atomic E-state index is 0.936. The zero-order valence-corrected chi connectivity index (χ0v) is 34.2. The predicted octanol–water partition coefficient (Wildman–Crippen LogP) is 15.4. The minimum atomic E-state index is 0.936. The summed E-state index contributed by atoms with van der Waals surface area (Å²) in [7, 11) is 0. The van der Waals surface area contributed by atoms with E-state index in [9.17, 15) is 0 Å². The van der Waals surface area contributed by atoms with Crippen LogP contribution < -0.4 is 0 Å². The topological polar surface area (TPSA) is 27.7 Å². The summed E-state index contributed by atoms with van der Waals surface area (Å²) in [5, 5.41) is 7.34. The van der Waals surface area contributed by atoms with Crippen LogP contribution in [0.15, 0.2) is 231 Å². The van der Waals surface area contributed by atoms with Crippen molar-refractivity contribution in [1.29, 1.82) is 0 Å². The first-order valence-electron chi connectivity index (χ1n) is 21.5. The maximum atomic E-state index is 5.21. The molecule has 0 atom stereocenters. The van der Waals surface area contributed by atoms with Gasteiger partial charge >= 0.3 is 0 Å². The third-order valence-electron chi connectivity index (χ3n) is 12.9. The zero-order chi connectivity index (χ0) is 41.4. The van der Waals surface area contributed by atoms with Gasteiger partial charge in [-0.2, -0.15) is 0 Å². The summed E-state index contributed by atoms with van der Waals surface area (Å²) < 4.78 is 7.09. The molecule has 0 saturated heterocycles. The highest BCUT2D eigenvalue weighted by Crippen LogP contribution is 2.39. The number of aromatic nitrogens is 4. The van der Waals surface area contributed by atoms with Crippen LogP contribution in [0, 0.1) is 0 Å². The van der Waals surface area contributed by atoms with Crippen molar-refractivity contribution in [2.45, 2.75) is 0 Å². The molecule has 13 rings (SSSR count). The van der Waals surface area contributed by atoms with Crippen molar-refractivity contribution in [3.63, 3.8) is 0 Å². The average Bonchev–Trinajstić information content (AvgIpc) is 4.02. The predicted molar refractivity (Wildman–Crippen MR) is 264 cm³/mol. The summed E-state index contributed by atoms with van der Waals surface area (Å²) in [5.74, 6) is 0.936. The standard InChI is InChI=1S/C59H38N4/c1-2-13-39(14-3-1)40-25-29-44(30-26-40)61-54-22-9-6-18-48(54)51-37-42(27-35-56(51)61)43-28-36-57-52(38-43)49-19-7-10-23-55(49)62(57)45-31-33-46(34-32-45)63-58-24-11-8-21-53(58)60-59(63)50-20-12-16-41-15-4-5-17-47(41)50/h1-38H. The second-order valence-corrected chi connectivity index (χ2v) is 16.4. The molecule has 0 fully saturated rings. The number of hydrogen-bond donors (Lipinski definition) is 0. The van der Waals surface area contributed by atoms with Gasteiger partial charge in [0.05, 0.1) is 33.1 Å². The Labute approximate surface area is 363 Å². The molecule has 0 spiro atoms. The van der Waals surface area contributed by atoms with Crippen LogP contribution in [-0.2, 0) is 0 Å². The van der Waals surface area contributed by atoms with E-state index >= 15 is 0 Å². The number of para-hydroxylation sites is 4. The molecule has 13 aromatic rings. The number of benzene rings is 10. The van der Waals surface area contributed by atoms with Crippen LogP contribution in [0.2, 0.25) is 0 Å². The first-order valence-corrected chi connectivity index (χ1v) is 21.5. The molecule has 0 unspecified atom stereocenters. The highest BCUT2D eigenvalue weighted by atomic mass is 15.1. The largest absolute Gasteiger partial charge is 0.309 e. The molecule has 4 heteroatoms. The number of nitrogens with zero attached hydrogens (tertiary/aromatic N) is 4. The van der Waals surface area contributed by atoms with Gasteiger partial charge in [0, 0.05) is 44.2 Å². The third-order valence-corrected chi connectivity index (χ3v) is 12.9. The molecular weight excluding hydrogens is 765 g/mol. The van der Waals surface area contributed by atoms with Crippen molar-refractivity contribution in [1.82, 2.24) is 18.7 Å². The molecule has 0 aliphatic carbocycles. The van der Waals surface area contributed by atoms with E-state index in [1.165, 1.54) is 76.6 Å². The lowest BCUT2D eigenvalue weighted by Crippen LogP contribution is -2.00. The van der Waals surface area contributed by atoms with Gasteiger partial charge in [-0.25, -0.2) is 4.98 Å². The molecule has 3 heterocycles. The number of imidazole rings is 1. The monoisotopic (exact) mass is 802 g/mol. The van der Waals surface area contributed by atoms with Gasteiger partial charge in [0.25, 0.3) is 0 Å². The summed E-state index contributed by atoms with van der Waals surface area (Å²) in [6, 6.07) is 83.3. The van der Waals surface area contributed by atoms with Crippen molar-refractivity contribution in [2.75, 3.05) is 0 Å². The Morgan fingerprint density at radius 1 is 0.270 bits per heavy atom. The zero-order valence-electron chi connectivity index (χ0n) is 34.2. The average molecular weight is 803 g/mol. The third kappa shape index (κ3) is 5.59. The fraction of sp³-hybridized carbons (Fsp3) is 0. The van der Waals surface area contributed by atoms with Gasteiger partial charge in [0.1, 0.15) is 5.82 Å². The fourth-order valence-electron chi connectivity index (χ4n) is 9.93. The lowest BCUT2D eigenvalue weighted by atomic mass is 10.0. The van der Waals surface area contributed by atoms with Crippen LogP contribution in [0.3, 0.4) is 0 Å². The van der Waals surface area contributed by atoms with E-state index in [1.807, 2.05) is 0 Å². The lowest BCUT2D eigenvalue weighted by Gasteiger charge is -2.13. The van der Waals surface area contributed by atoms with E-state index in [4.69, 9.17) is 4.98 Å². The Bertz CT molecular complexity index is 3880. The Morgan fingerprint density at radius 2 is 0.714 bits per heavy atom. The van der Waals surface area contributed by atoms with Crippen LogP contribution >= 0.6 is 0 Å². The van der Waals surface area contributed by atoms with Gasteiger partial charge in [-0.1, -0.05) is 146 Å². The molecule has 0 aliphatic heterocycles. The molecule has 0 N–H and O–H groups in total. The van der Waals surface area contributed by atoms with E-state index < -0.39 is 0 Å². The second kappa shape index (κ2) is 14.1. The van der Waals surface area contributed by atoms with E-state index in [2.05, 4.69) is 244 Å². The smallest absolute Gasteiger partial charge is 0.146 e. The summed E-state index contributed by atoms with van der Waals surface area (Å²) in [5.41, 5.74) is 16.1. The van der Waals surface area contributed by atoms with E-state index in [0.29, 0.717) is 0 Å². The molecule has 0 saturated carbocycles. The quantitative estimate of drug-likeness (QED) is 0.165. The first kappa shape index (κ1) is 35.3. The second-order valence-electron chi connectivity index (χ2n) is 16.4. The van der Waals surface area contributed by atoms with E-state index in [1.54, 1.807) is 0 Å². The van der Waals surface area contributed by atoms with Crippen LogP contribution in [0.5, 0.6) is 0 Å². The summed E-state index contributed by atoms with van der Waals surface area (Å²) in [4.78, 5) is 5.21. The van der Waals surface area contributed by atoms with E-state index in [-0.39, 0.29) is 0 Å². The van der Waals surface area contributed by atoms with Crippen LogP contribution in [0.25, 0.3) is 116 Å². The highest BCUT2D eigenvalue weighted by Gasteiger charge is 2.19. The molecule has 294 valence electrons. The Hall–Kier alpha value is -8.47. The molecule has 10 aromatic carbocycles. The van der Waals surface area contributed by atoms with Gasteiger partial charge in [-0.3, -0.25) is 4.57 Å². The Balaban J connectivity index is 0.905.